The van der Waals surface area contributed by atoms with Crippen LogP contribution in [0.4, 0.5) is 0 Å². The van der Waals surface area contributed by atoms with Crippen LogP contribution in [-0.4, -0.2) is 33.8 Å². The Morgan fingerprint density at radius 1 is 1.09 bits per heavy atom. The minimum absolute atomic E-state index is 0.206. The van der Waals surface area contributed by atoms with Gasteiger partial charge < -0.3 is 14.0 Å². The van der Waals surface area contributed by atoms with Gasteiger partial charge in [-0.3, -0.25) is 14.3 Å². The van der Waals surface area contributed by atoms with Crippen molar-refractivity contribution in [3.63, 3.8) is 0 Å². The summed E-state index contributed by atoms with van der Waals surface area (Å²) in [5.41, 5.74) is 5.42. The second-order valence-electron chi connectivity index (χ2n) is 10.7. The lowest BCUT2D eigenvalue weighted by Gasteiger charge is -2.28. The fourth-order valence-electron chi connectivity index (χ4n) is 6.09. The zero-order valence-electron chi connectivity index (χ0n) is 25.5. The number of aromatic nitrogens is 3. The second kappa shape index (κ2) is 12.1. The predicted molar refractivity (Wildman–Crippen MR) is 173 cm³/mol. The predicted octanol–water partition coefficient (Wildman–Crippen LogP) is 5.54. The van der Waals surface area contributed by atoms with E-state index in [2.05, 4.69) is 15.6 Å². The Morgan fingerprint density at radius 3 is 2.64 bits per heavy atom. The molecule has 1 aliphatic rings. The Kier molecular flexibility index (Phi) is 8.05. The number of aryl methyl sites for hydroxylation is 1. The normalized spacial score (nSPS) is 14.9. The summed E-state index contributed by atoms with van der Waals surface area (Å²) in [4.78, 5) is 37.9. The van der Waals surface area contributed by atoms with Gasteiger partial charge in [0, 0.05) is 23.1 Å². The van der Waals surface area contributed by atoms with Gasteiger partial charge in [-0.25, -0.2) is 9.79 Å². The molecule has 0 radical (unpaired) electrons. The highest BCUT2D eigenvalue weighted by atomic mass is 32.1. The molecule has 0 unspecified atom stereocenters. The number of nitrogens with zero attached hydrogens (tertiary/aromatic N) is 4. The molecule has 1 atom stereocenters. The van der Waals surface area contributed by atoms with Gasteiger partial charge in [0.05, 0.1) is 41.4 Å². The molecule has 0 aliphatic carbocycles. The minimum Gasteiger partial charge on any atom is -0.496 e. The van der Waals surface area contributed by atoms with Crippen LogP contribution in [-0.2, 0) is 9.53 Å². The largest absolute Gasteiger partial charge is 0.496 e. The quantitative estimate of drug-likeness (QED) is 0.217. The number of fused-ring (bicyclic) bond motifs is 2. The number of thiazole rings is 1. The molecule has 8 nitrogen and oxygen atoms in total. The van der Waals surface area contributed by atoms with E-state index in [0.717, 1.165) is 45.4 Å². The zero-order valence-corrected chi connectivity index (χ0v) is 26.3. The monoisotopic (exact) mass is 606 g/mol. The molecule has 9 heteroatoms. The Bertz CT molecular complexity index is 2100. The van der Waals surface area contributed by atoms with Crippen LogP contribution in [0.3, 0.4) is 0 Å². The number of hydrogen-bond donors (Lipinski definition) is 0. The topological polar surface area (TPSA) is 87.7 Å². The number of pyridine rings is 1. The third-order valence-electron chi connectivity index (χ3n) is 7.98. The number of ether oxygens (including phenoxy) is 2. The maximum absolute atomic E-state index is 14.5. The number of allylic oxidation sites excluding steroid dienone is 1. The SMILES string of the molecule is CCCC1=C(C(=O)OCC)[C@H](c2c(OC)ccc3ccccc23)n2c(s/c(=C/c3cc(C)n(-c4cccnc4)c3C)c2=O)=N1. The lowest BCUT2D eigenvalue weighted by atomic mass is 9.90. The zero-order chi connectivity index (χ0) is 31.0. The number of esters is 1. The molecule has 0 amide bonds. The number of rotatable bonds is 8. The number of methoxy groups -OCH3 is 1. The third-order valence-corrected chi connectivity index (χ3v) is 8.96. The van der Waals surface area contributed by atoms with E-state index in [1.165, 1.54) is 11.3 Å². The molecule has 0 saturated heterocycles. The van der Waals surface area contributed by atoms with Crippen LogP contribution < -0.4 is 19.6 Å². The van der Waals surface area contributed by atoms with E-state index in [1.54, 1.807) is 24.8 Å². The molecule has 0 spiro atoms. The molecule has 0 N–H and O–H groups in total. The number of hydrogen-bond acceptors (Lipinski definition) is 7. The fourth-order valence-corrected chi connectivity index (χ4v) is 7.10. The van der Waals surface area contributed by atoms with Gasteiger partial charge in [-0.05, 0) is 73.9 Å². The summed E-state index contributed by atoms with van der Waals surface area (Å²) in [5.74, 6) is 0.108. The molecule has 44 heavy (non-hydrogen) atoms. The van der Waals surface area contributed by atoms with Crippen molar-refractivity contribution in [2.75, 3.05) is 13.7 Å². The lowest BCUT2D eigenvalue weighted by Crippen LogP contribution is -2.40. The first-order valence-corrected chi connectivity index (χ1v) is 15.6. The van der Waals surface area contributed by atoms with Crippen LogP contribution >= 0.6 is 11.3 Å². The molecule has 5 aromatic rings. The average Bonchev–Trinajstić information content (AvgIpc) is 3.49. The van der Waals surface area contributed by atoms with Crippen molar-refractivity contribution >= 4 is 34.2 Å². The van der Waals surface area contributed by atoms with E-state index < -0.39 is 12.0 Å². The van der Waals surface area contributed by atoms with E-state index in [0.29, 0.717) is 32.8 Å². The van der Waals surface area contributed by atoms with E-state index in [9.17, 15) is 9.59 Å². The Morgan fingerprint density at radius 2 is 1.91 bits per heavy atom. The van der Waals surface area contributed by atoms with Crippen molar-refractivity contribution in [3.05, 3.63) is 120 Å². The molecule has 3 aromatic heterocycles. The average molecular weight is 607 g/mol. The maximum atomic E-state index is 14.5. The van der Waals surface area contributed by atoms with Crippen LogP contribution in [0.15, 0.2) is 88.0 Å². The first kappa shape index (κ1) is 29.3. The van der Waals surface area contributed by atoms with Crippen LogP contribution in [0, 0.1) is 13.8 Å². The molecular weight excluding hydrogens is 572 g/mol. The number of benzene rings is 2. The van der Waals surface area contributed by atoms with E-state index in [-0.39, 0.29) is 12.2 Å². The Hall–Kier alpha value is -4.76. The number of carbonyl (C=O) groups excluding carboxylic acids is 1. The summed E-state index contributed by atoms with van der Waals surface area (Å²) >= 11 is 1.33. The van der Waals surface area contributed by atoms with E-state index in [4.69, 9.17) is 14.5 Å². The lowest BCUT2D eigenvalue weighted by molar-refractivity contribution is -0.139. The van der Waals surface area contributed by atoms with Crippen molar-refractivity contribution in [2.24, 2.45) is 4.99 Å². The summed E-state index contributed by atoms with van der Waals surface area (Å²) in [7, 11) is 1.61. The van der Waals surface area contributed by atoms with Crippen LogP contribution in [0.1, 0.15) is 55.2 Å². The standard InChI is InChI=1S/C35H34N4O4S/c1-6-11-27-31(34(41)43-7-2)32(30-26-14-9-8-12-23(26)15-16-28(30)42-5)39-33(40)29(44-35(39)37-27)19-24-18-21(3)38(22(24)4)25-13-10-17-36-20-25/h8-10,12-20,32H,6-7,11H2,1-5H3/b29-19+/t32-/m0/s1. The highest BCUT2D eigenvalue weighted by Crippen LogP contribution is 2.41. The van der Waals surface area contributed by atoms with Gasteiger partial charge in [0.1, 0.15) is 11.8 Å². The van der Waals surface area contributed by atoms with Crippen molar-refractivity contribution in [3.8, 4) is 11.4 Å². The van der Waals surface area contributed by atoms with Crippen molar-refractivity contribution < 1.29 is 14.3 Å². The summed E-state index contributed by atoms with van der Waals surface area (Å²) in [5, 5.41) is 1.87. The Labute approximate surface area is 259 Å². The fraction of sp³-hybridized carbons (Fsp3) is 0.257. The van der Waals surface area contributed by atoms with Crippen LogP contribution in [0.2, 0.25) is 0 Å². The van der Waals surface area contributed by atoms with Crippen LogP contribution in [0.5, 0.6) is 5.75 Å². The van der Waals surface area contributed by atoms with Gasteiger partial charge in [-0.15, -0.1) is 0 Å². The molecule has 4 heterocycles. The highest BCUT2D eigenvalue weighted by molar-refractivity contribution is 7.07. The molecule has 224 valence electrons. The maximum Gasteiger partial charge on any atom is 0.338 e. The van der Waals surface area contributed by atoms with Gasteiger partial charge in [-0.1, -0.05) is 55.0 Å². The van der Waals surface area contributed by atoms with Gasteiger partial charge >= 0.3 is 5.97 Å². The van der Waals surface area contributed by atoms with Crippen molar-refractivity contribution in [2.45, 2.75) is 46.6 Å². The van der Waals surface area contributed by atoms with Gasteiger partial charge in [-0.2, -0.15) is 0 Å². The van der Waals surface area contributed by atoms with E-state index in [1.807, 2.05) is 81.6 Å². The number of carbonyl (C=O) groups is 1. The van der Waals surface area contributed by atoms with E-state index >= 15 is 0 Å². The third kappa shape index (κ3) is 4.97. The molecular formula is C35H34N4O4S. The summed E-state index contributed by atoms with van der Waals surface area (Å²) in [6.45, 7) is 8.10. The molecule has 0 fully saturated rings. The summed E-state index contributed by atoms with van der Waals surface area (Å²) in [6.07, 6.45) is 6.83. The molecule has 2 aromatic carbocycles. The molecule has 1 aliphatic heterocycles. The summed E-state index contributed by atoms with van der Waals surface area (Å²) in [6, 6.07) is 17.0. The smallest absolute Gasteiger partial charge is 0.338 e. The van der Waals surface area contributed by atoms with Gasteiger partial charge in [0.2, 0.25) is 0 Å². The first-order valence-electron chi connectivity index (χ1n) is 14.7. The van der Waals surface area contributed by atoms with Gasteiger partial charge in [0.15, 0.2) is 4.80 Å². The molecule has 0 saturated carbocycles. The molecule has 6 rings (SSSR count). The van der Waals surface area contributed by atoms with Gasteiger partial charge in [0.25, 0.3) is 5.56 Å². The first-order chi connectivity index (χ1) is 21.4. The minimum atomic E-state index is -0.780. The van der Waals surface area contributed by atoms with Crippen molar-refractivity contribution in [1.29, 1.82) is 0 Å². The molecule has 0 bridgehead atoms. The van der Waals surface area contributed by atoms with Crippen LogP contribution in [0.25, 0.3) is 22.5 Å². The summed E-state index contributed by atoms with van der Waals surface area (Å²) < 4.78 is 15.8. The Balaban J connectivity index is 1.65. The second-order valence-corrected chi connectivity index (χ2v) is 11.7. The van der Waals surface area contributed by atoms with Crippen molar-refractivity contribution in [1.82, 2.24) is 14.1 Å². The highest BCUT2D eigenvalue weighted by Gasteiger charge is 2.37.